The number of hydrogen-bond donors (Lipinski definition) is 2. The molecule has 0 bridgehead atoms. The number of carbonyl (C=O) groups is 1. The van der Waals surface area contributed by atoms with Gasteiger partial charge in [0.05, 0.1) is 12.7 Å². The highest BCUT2D eigenvalue weighted by atomic mass is 35.5. The van der Waals surface area contributed by atoms with Crippen molar-refractivity contribution in [3.63, 3.8) is 0 Å². The van der Waals surface area contributed by atoms with Crippen molar-refractivity contribution in [1.82, 2.24) is 15.2 Å². The smallest absolute Gasteiger partial charge is 0.253 e. The van der Waals surface area contributed by atoms with E-state index >= 15 is 0 Å². The number of nitrogens with one attached hydrogen (secondary N) is 2. The number of nitrogens with zero attached hydrogens (tertiary/aromatic N) is 1. The van der Waals surface area contributed by atoms with Crippen LogP contribution in [0.5, 0.6) is 5.75 Å². The lowest BCUT2D eigenvalue weighted by molar-refractivity contribution is 0.0951. The van der Waals surface area contributed by atoms with E-state index in [1.54, 1.807) is 7.11 Å². The molecule has 1 aliphatic rings. The number of rotatable bonds is 6. The summed E-state index contributed by atoms with van der Waals surface area (Å²) in [6.45, 7) is 6.92. The molecule has 0 aliphatic carbocycles. The van der Waals surface area contributed by atoms with Gasteiger partial charge in [-0.2, -0.15) is 0 Å². The van der Waals surface area contributed by atoms with Gasteiger partial charge in [-0.15, -0.1) is 12.4 Å². The predicted molar refractivity (Wildman–Crippen MR) is 107 cm³/mol. The molecule has 1 amide bonds. The molecule has 26 heavy (non-hydrogen) atoms. The summed E-state index contributed by atoms with van der Waals surface area (Å²) in [5, 5.41) is 6.44. The lowest BCUT2D eigenvalue weighted by Crippen LogP contribution is -2.26. The van der Waals surface area contributed by atoms with Crippen molar-refractivity contribution in [2.75, 3.05) is 26.7 Å². The van der Waals surface area contributed by atoms with E-state index < -0.39 is 0 Å². The summed E-state index contributed by atoms with van der Waals surface area (Å²) < 4.78 is 7.32. The first-order valence-electron chi connectivity index (χ1n) is 8.92. The van der Waals surface area contributed by atoms with Crippen molar-refractivity contribution in [3.05, 3.63) is 47.3 Å². The van der Waals surface area contributed by atoms with Crippen molar-refractivity contribution < 1.29 is 9.53 Å². The van der Waals surface area contributed by atoms with Crippen molar-refractivity contribution in [3.8, 4) is 11.4 Å². The van der Waals surface area contributed by atoms with Crippen LogP contribution in [-0.4, -0.2) is 37.2 Å². The number of halogens is 1. The second kappa shape index (κ2) is 9.10. The zero-order valence-corrected chi connectivity index (χ0v) is 16.5. The van der Waals surface area contributed by atoms with E-state index in [0.29, 0.717) is 5.92 Å². The normalized spacial score (nSPS) is 16.2. The molecule has 1 saturated heterocycles. The van der Waals surface area contributed by atoms with E-state index in [0.717, 1.165) is 54.4 Å². The summed E-state index contributed by atoms with van der Waals surface area (Å²) in [5.74, 6) is 1.52. The molecule has 2 N–H and O–H groups in total. The van der Waals surface area contributed by atoms with Crippen LogP contribution >= 0.6 is 12.4 Å². The van der Waals surface area contributed by atoms with Crippen LogP contribution < -0.4 is 15.4 Å². The van der Waals surface area contributed by atoms with E-state index in [9.17, 15) is 4.79 Å². The minimum atomic E-state index is 0. The Morgan fingerprint density at radius 1 is 1.31 bits per heavy atom. The van der Waals surface area contributed by atoms with E-state index in [1.165, 1.54) is 6.42 Å². The summed E-state index contributed by atoms with van der Waals surface area (Å²) in [6.07, 6.45) is 2.25. The fourth-order valence-electron chi connectivity index (χ4n) is 3.57. The Balaban J connectivity index is 0.00000243. The third-order valence-corrected chi connectivity index (χ3v) is 5.01. The van der Waals surface area contributed by atoms with Gasteiger partial charge in [0, 0.05) is 23.6 Å². The second-order valence-electron chi connectivity index (χ2n) is 6.72. The first-order valence-corrected chi connectivity index (χ1v) is 8.92. The van der Waals surface area contributed by atoms with Gasteiger partial charge in [0.15, 0.2) is 0 Å². The van der Waals surface area contributed by atoms with Crippen molar-refractivity contribution in [2.45, 2.75) is 26.7 Å². The summed E-state index contributed by atoms with van der Waals surface area (Å²) in [7, 11) is 1.66. The van der Waals surface area contributed by atoms with Crippen molar-refractivity contribution in [1.29, 1.82) is 0 Å². The van der Waals surface area contributed by atoms with Crippen LogP contribution in [0.25, 0.3) is 5.69 Å². The standard InChI is InChI=1S/C20H27N3O2.ClH/c1-14-12-19(20(24)22-11-9-16-8-10-21-13-16)15(2)23(14)17-4-6-18(25-3)7-5-17;/h4-7,12,16,21H,8-11,13H2,1-3H3,(H,22,24);1H. The number of hydrogen-bond acceptors (Lipinski definition) is 3. The van der Waals surface area contributed by atoms with Gasteiger partial charge in [-0.1, -0.05) is 0 Å². The third kappa shape index (κ3) is 4.40. The molecule has 3 rings (SSSR count). The molecule has 0 spiro atoms. The molecular weight excluding hydrogens is 350 g/mol. The van der Waals surface area contributed by atoms with E-state index in [-0.39, 0.29) is 18.3 Å². The summed E-state index contributed by atoms with van der Waals surface area (Å²) >= 11 is 0. The monoisotopic (exact) mass is 377 g/mol. The van der Waals surface area contributed by atoms with Gasteiger partial charge < -0.3 is 19.9 Å². The minimum absolute atomic E-state index is 0. The van der Waals surface area contributed by atoms with Gasteiger partial charge in [0.25, 0.3) is 5.91 Å². The first kappa shape index (κ1) is 20.3. The van der Waals surface area contributed by atoms with Gasteiger partial charge in [-0.3, -0.25) is 4.79 Å². The highest BCUT2D eigenvalue weighted by molar-refractivity contribution is 5.95. The number of amides is 1. The van der Waals surface area contributed by atoms with Crippen molar-refractivity contribution in [2.24, 2.45) is 5.92 Å². The summed E-state index contributed by atoms with van der Waals surface area (Å²) in [4.78, 5) is 12.6. The molecule has 1 aromatic carbocycles. The van der Waals surface area contributed by atoms with Crippen LogP contribution in [0.15, 0.2) is 30.3 Å². The molecule has 6 heteroatoms. The number of methoxy groups -OCH3 is 1. The van der Waals surface area contributed by atoms with Crippen LogP contribution in [0.4, 0.5) is 0 Å². The Labute approximate surface area is 161 Å². The largest absolute Gasteiger partial charge is 0.497 e. The van der Waals surface area contributed by atoms with Crippen LogP contribution in [0, 0.1) is 19.8 Å². The van der Waals surface area contributed by atoms with Crippen LogP contribution in [0.1, 0.15) is 34.6 Å². The Morgan fingerprint density at radius 2 is 2.04 bits per heavy atom. The number of aryl methyl sites for hydroxylation is 1. The molecule has 1 fully saturated rings. The maximum atomic E-state index is 12.6. The maximum Gasteiger partial charge on any atom is 0.253 e. The summed E-state index contributed by atoms with van der Waals surface area (Å²) in [5.41, 5.74) is 3.79. The molecule has 5 nitrogen and oxygen atoms in total. The molecule has 2 aromatic rings. The maximum absolute atomic E-state index is 12.6. The average Bonchev–Trinajstić information content (AvgIpc) is 3.23. The van der Waals surface area contributed by atoms with Gasteiger partial charge in [0.1, 0.15) is 5.75 Å². The molecule has 1 aliphatic heterocycles. The van der Waals surface area contributed by atoms with Crippen LogP contribution in [0.3, 0.4) is 0 Å². The molecule has 2 heterocycles. The molecule has 1 unspecified atom stereocenters. The molecule has 0 radical (unpaired) electrons. The average molecular weight is 378 g/mol. The van der Waals surface area contributed by atoms with E-state index in [4.69, 9.17) is 4.74 Å². The highest BCUT2D eigenvalue weighted by Gasteiger charge is 2.18. The number of carbonyl (C=O) groups excluding carboxylic acids is 1. The van der Waals surface area contributed by atoms with E-state index in [1.807, 2.05) is 44.2 Å². The minimum Gasteiger partial charge on any atom is -0.497 e. The summed E-state index contributed by atoms with van der Waals surface area (Å²) in [6, 6.07) is 9.85. The zero-order valence-electron chi connectivity index (χ0n) is 15.7. The molecular formula is C20H28ClN3O2. The first-order chi connectivity index (χ1) is 12.1. The Morgan fingerprint density at radius 3 is 2.65 bits per heavy atom. The van der Waals surface area contributed by atoms with Gasteiger partial charge >= 0.3 is 0 Å². The van der Waals surface area contributed by atoms with Crippen molar-refractivity contribution >= 4 is 18.3 Å². The van der Waals surface area contributed by atoms with Crippen LogP contribution in [0.2, 0.25) is 0 Å². The SMILES string of the molecule is COc1ccc(-n2c(C)cc(C(=O)NCCC3CCNC3)c2C)cc1.Cl. The van der Waals surface area contributed by atoms with Gasteiger partial charge in [0.2, 0.25) is 0 Å². The predicted octanol–water partition coefficient (Wildman–Crippen LogP) is 3.25. The number of benzene rings is 1. The highest BCUT2D eigenvalue weighted by Crippen LogP contribution is 2.23. The number of ether oxygens (including phenoxy) is 1. The lowest BCUT2D eigenvalue weighted by atomic mass is 10.1. The van der Waals surface area contributed by atoms with Crippen LogP contribution in [-0.2, 0) is 0 Å². The lowest BCUT2D eigenvalue weighted by Gasteiger charge is -2.11. The third-order valence-electron chi connectivity index (χ3n) is 5.01. The Hall–Kier alpha value is -1.98. The molecule has 1 aromatic heterocycles. The second-order valence-corrected chi connectivity index (χ2v) is 6.72. The zero-order chi connectivity index (χ0) is 17.8. The molecule has 1 atom stereocenters. The fraction of sp³-hybridized carbons (Fsp3) is 0.450. The quantitative estimate of drug-likeness (QED) is 0.812. The molecule has 142 valence electrons. The topological polar surface area (TPSA) is 55.3 Å². The van der Waals surface area contributed by atoms with Gasteiger partial charge in [-0.25, -0.2) is 0 Å². The molecule has 0 saturated carbocycles. The Bertz CT molecular complexity index is 734. The van der Waals surface area contributed by atoms with Gasteiger partial charge in [-0.05, 0) is 76.0 Å². The van der Waals surface area contributed by atoms with E-state index in [2.05, 4.69) is 15.2 Å². The fourth-order valence-corrected chi connectivity index (χ4v) is 3.57. The number of aromatic nitrogens is 1. The Kier molecular flexibility index (Phi) is 7.12.